The van der Waals surface area contributed by atoms with Gasteiger partial charge in [-0.25, -0.2) is 0 Å². The molecule has 3 rings (SSSR count). The third-order valence-electron chi connectivity index (χ3n) is 3.88. The fourth-order valence-electron chi connectivity index (χ4n) is 2.61. The summed E-state index contributed by atoms with van der Waals surface area (Å²) in [6, 6.07) is 21.3. The lowest BCUT2D eigenvalue weighted by Gasteiger charge is -2.03. The van der Waals surface area contributed by atoms with Crippen LogP contribution in [0.3, 0.4) is 0 Å². The molecule has 5 heteroatoms. The fourth-order valence-corrected chi connectivity index (χ4v) is 2.61. The topological polar surface area (TPSA) is 74.6 Å². The summed E-state index contributed by atoms with van der Waals surface area (Å²) in [5, 5.41) is 22.8. The summed E-state index contributed by atoms with van der Waals surface area (Å²) in [5.41, 5.74) is 3.49. The highest BCUT2D eigenvalue weighted by Gasteiger charge is 2.11. The van der Waals surface area contributed by atoms with Crippen molar-refractivity contribution in [2.45, 2.75) is 6.54 Å². The van der Waals surface area contributed by atoms with Gasteiger partial charge in [-0.15, -0.1) is 0 Å². The number of nitrogens with zero attached hydrogens (tertiary/aromatic N) is 4. The van der Waals surface area contributed by atoms with Crippen molar-refractivity contribution in [1.82, 2.24) is 9.78 Å². The number of allylic oxidation sites excluding steroid dienone is 1. The molecule has 0 saturated heterocycles. The molecule has 1 heterocycles. The van der Waals surface area contributed by atoms with Gasteiger partial charge in [-0.1, -0.05) is 30.3 Å². The van der Waals surface area contributed by atoms with Crippen molar-refractivity contribution in [1.29, 1.82) is 10.5 Å². The Morgan fingerprint density at radius 3 is 2.38 bits per heavy atom. The molecule has 0 unspecified atom stereocenters. The smallest absolute Gasteiger partial charge is 0.130 e. The van der Waals surface area contributed by atoms with Crippen molar-refractivity contribution < 1.29 is 4.74 Å². The Bertz CT molecular complexity index is 987. The zero-order chi connectivity index (χ0) is 18.4. The van der Waals surface area contributed by atoms with E-state index in [-0.39, 0.29) is 5.57 Å². The van der Waals surface area contributed by atoms with Crippen LogP contribution in [-0.2, 0) is 6.54 Å². The zero-order valence-electron chi connectivity index (χ0n) is 14.3. The van der Waals surface area contributed by atoms with Crippen LogP contribution in [0.25, 0.3) is 17.3 Å². The van der Waals surface area contributed by atoms with Crippen LogP contribution in [0, 0.1) is 22.7 Å². The normalized spacial score (nSPS) is 9.81. The molecule has 0 bridgehead atoms. The van der Waals surface area contributed by atoms with E-state index in [1.54, 1.807) is 13.2 Å². The van der Waals surface area contributed by atoms with E-state index in [2.05, 4.69) is 5.10 Å². The summed E-state index contributed by atoms with van der Waals surface area (Å²) in [6.45, 7) is 0.603. The maximum Gasteiger partial charge on any atom is 0.130 e. The average molecular weight is 340 g/mol. The summed E-state index contributed by atoms with van der Waals surface area (Å²) < 4.78 is 7.01. The van der Waals surface area contributed by atoms with Gasteiger partial charge in [-0.05, 0) is 35.9 Å². The zero-order valence-corrected chi connectivity index (χ0v) is 14.3. The Balaban J connectivity index is 2.04. The van der Waals surface area contributed by atoms with Crippen molar-refractivity contribution in [3.05, 3.63) is 77.5 Å². The van der Waals surface area contributed by atoms with Gasteiger partial charge in [0, 0.05) is 17.3 Å². The van der Waals surface area contributed by atoms with Crippen molar-refractivity contribution in [3.63, 3.8) is 0 Å². The molecule has 0 fully saturated rings. The molecule has 0 spiro atoms. The molecule has 2 aromatic carbocycles. The maximum atomic E-state index is 9.07. The number of aromatic nitrogens is 2. The van der Waals surface area contributed by atoms with E-state index in [1.165, 1.54) is 0 Å². The van der Waals surface area contributed by atoms with Crippen molar-refractivity contribution >= 4 is 6.08 Å². The first kappa shape index (κ1) is 17.0. The molecule has 0 N–H and O–H groups in total. The van der Waals surface area contributed by atoms with Crippen molar-refractivity contribution in [2.24, 2.45) is 0 Å². The van der Waals surface area contributed by atoms with E-state index in [4.69, 9.17) is 15.3 Å². The lowest BCUT2D eigenvalue weighted by molar-refractivity contribution is 0.415. The summed E-state index contributed by atoms with van der Waals surface area (Å²) in [4.78, 5) is 0. The molecule has 0 amide bonds. The average Bonchev–Trinajstić information content (AvgIpc) is 3.09. The Morgan fingerprint density at radius 2 is 1.77 bits per heavy atom. The molecule has 0 atom stereocenters. The Hall–Kier alpha value is -3.83. The predicted molar refractivity (Wildman–Crippen MR) is 99.0 cm³/mol. The van der Waals surface area contributed by atoms with Gasteiger partial charge in [0.15, 0.2) is 0 Å². The Kier molecular flexibility index (Phi) is 5.12. The van der Waals surface area contributed by atoms with Gasteiger partial charge in [-0.3, -0.25) is 4.68 Å². The van der Waals surface area contributed by atoms with Gasteiger partial charge in [-0.2, -0.15) is 15.6 Å². The second-order valence-corrected chi connectivity index (χ2v) is 5.63. The van der Waals surface area contributed by atoms with Crippen molar-refractivity contribution in [3.8, 4) is 29.1 Å². The van der Waals surface area contributed by atoms with Crippen LogP contribution in [0.1, 0.15) is 11.1 Å². The lowest BCUT2D eigenvalue weighted by Crippen LogP contribution is -2.00. The molecule has 5 nitrogen and oxygen atoms in total. The summed E-state index contributed by atoms with van der Waals surface area (Å²) in [7, 11) is 1.61. The fraction of sp³-hybridized carbons (Fsp3) is 0.0952. The summed E-state index contributed by atoms with van der Waals surface area (Å²) in [6.07, 6.45) is 3.41. The molecule has 0 saturated carbocycles. The van der Waals surface area contributed by atoms with Gasteiger partial charge in [0.05, 0.1) is 19.3 Å². The van der Waals surface area contributed by atoms with Crippen LogP contribution in [0.2, 0.25) is 0 Å². The minimum atomic E-state index is 0.0408. The number of benzene rings is 2. The van der Waals surface area contributed by atoms with E-state index in [1.807, 2.05) is 77.6 Å². The second kappa shape index (κ2) is 7.83. The van der Waals surface area contributed by atoms with Gasteiger partial charge < -0.3 is 4.74 Å². The molecule has 0 radical (unpaired) electrons. The summed E-state index contributed by atoms with van der Waals surface area (Å²) >= 11 is 0. The van der Waals surface area contributed by atoms with Gasteiger partial charge >= 0.3 is 0 Å². The van der Waals surface area contributed by atoms with Crippen LogP contribution in [0.5, 0.6) is 5.75 Å². The minimum absolute atomic E-state index is 0.0408. The number of nitriles is 2. The number of rotatable bonds is 5. The number of hydrogen-bond donors (Lipinski definition) is 0. The van der Waals surface area contributed by atoms with Crippen LogP contribution in [0.15, 0.2) is 66.4 Å². The van der Waals surface area contributed by atoms with Crippen LogP contribution < -0.4 is 4.74 Å². The highest BCUT2D eigenvalue weighted by atomic mass is 16.5. The molecular formula is C21H16N4O. The molecule has 0 aliphatic carbocycles. The maximum absolute atomic E-state index is 9.07. The number of methoxy groups -OCH3 is 1. The largest absolute Gasteiger partial charge is 0.497 e. The predicted octanol–water partition coefficient (Wildman–Crippen LogP) is 4.04. The molecule has 3 aromatic rings. The quantitative estimate of drug-likeness (QED) is 0.657. The summed E-state index contributed by atoms with van der Waals surface area (Å²) in [5.74, 6) is 0.754. The first-order valence-corrected chi connectivity index (χ1v) is 8.01. The SMILES string of the molecule is COc1ccc(-c2nn(Cc3ccccc3)cc2C=C(C#N)C#N)cc1. The first-order chi connectivity index (χ1) is 12.7. The van der Waals surface area contributed by atoms with Gasteiger partial charge in [0.1, 0.15) is 23.5 Å². The molecule has 126 valence electrons. The minimum Gasteiger partial charge on any atom is -0.497 e. The third kappa shape index (κ3) is 3.80. The van der Waals surface area contributed by atoms with Gasteiger partial charge in [0.25, 0.3) is 0 Å². The molecule has 0 aliphatic rings. The lowest BCUT2D eigenvalue weighted by atomic mass is 10.1. The molecule has 1 aromatic heterocycles. The van der Waals surface area contributed by atoms with Gasteiger partial charge in [0.2, 0.25) is 0 Å². The van der Waals surface area contributed by atoms with E-state index in [0.717, 1.165) is 22.4 Å². The molecule has 26 heavy (non-hydrogen) atoms. The van der Waals surface area contributed by atoms with E-state index in [0.29, 0.717) is 12.2 Å². The Morgan fingerprint density at radius 1 is 1.08 bits per heavy atom. The highest BCUT2D eigenvalue weighted by molar-refractivity contribution is 5.75. The van der Waals surface area contributed by atoms with E-state index < -0.39 is 0 Å². The first-order valence-electron chi connectivity index (χ1n) is 8.01. The number of hydrogen-bond acceptors (Lipinski definition) is 4. The molecular weight excluding hydrogens is 324 g/mol. The standard InChI is InChI=1S/C21H16N4O/c1-26-20-9-7-18(8-10-20)21-19(11-17(12-22)13-23)15-25(24-21)14-16-5-3-2-4-6-16/h2-11,15H,14H2,1H3. The van der Waals surface area contributed by atoms with Crippen LogP contribution >= 0.6 is 0 Å². The monoisotopic (exact) mass is 340 g/mol. The van der Waals surface area contributed by atoms with Crippen molar-refractivity contribution in [2.75, 3.05) is 7.11 Å². The third-order valence-corrected chi connectivity index (χ3v) is 3.88. The van der Waals surface area contributed by atoms with Crippen LogP contribution in [-0.4, -0.2) is 16.9 Å². The van der Waals surface area contributed by atoms with Crippen LogP contribution in [0.4, 0.5) is 0 Å². The Labute approximate surface area is 152 Å². The molecule has 0 aliphatic heterocycles. The van der Waals surface area contributed by atoms with E-state index >= 15 is 0 Å². The second-order valence-electron chi connectivity index (χ2n) is 5.63. The van der Waals surface area contributed by atoms with E-state index in [9.17, 15) is 0 Å². The number of ether oxygens (including phenoxy) is 1. The highest BCUT2D eigenvalue weighted by Crippen LogP contribution is 2.26.